The highest BCUT2D eigenvalue weighted by Gasteiger charge is 2.31. The summed E-state index contributed by atoms with van der Waals surface area (Å²) in [6, 6.07) is 13.0. The third-order valence-electron chi connectivity index (χ3n) is 5.53. The Hall–Kier alpha value is -3.07. The molecule has 3 aromatic rings. The number of carbonyl (C=O) groups is 1. The van der Waals surface area contributed by atoms with Crippen molar-refractivity contribution in [2.75, 3.05) is 44.2 Å². The van der Waals surface area contributed by atoms with Gasteiger partial charge in [-0.05, 0) is 37.2 Å². The molecule has 164 valence electrons. The van der Waals surface area contributed by atoms with Crippen LogP contribution in [0.15, 0.2) is 48.5 Å². The maximum atomic E-state index is 12.9. The molecule has 0 aliphatic carbocycles. The number of halogens is 3. The number of aromatic amines is 1. The molecule has 2 heterocycles. The number of carbonyl (C=O) groups excluding carboxylic acids is 1. The molecular weight excluding hydrogens is 407 g/mol. The van der Waals surface area contributed by atoms with Crippen LogP contribution in [0.3, 0.4) is 0 Å². The van der Waals surface area contributed by atoms with Crippen LogP contribution in [0.25, 0.3) is 10.9 Å². The largest absolute Gasteiger partial charge is 0.416 e. The first-order valence-corrected chi connectivity index (χ1v) is 10.3. The van der Waals surface area contributed by atoms with Crippen LogP contribution in [0.5, 0.6) is 0 Å². The maximum Gasteiger partial charge on any atom is 0.416 e. The van der Waals surface area contributed by atoms with Crippen LogP contribution in [0.4, 0.5) is 18.9 Å². The number of alkyl halides is 3. The van der Waals surface area contributed by atoms with Crippen LogP contribution in [0.1, 0.15) is 22.5 Å². The number of para-hydroxylation sites is 1. The lowest BCUT2D eigenvalue weighted by molar-refractivity contribution is -0.137. The second-order valence-electron chi connectivity index (χ2n) is 7.60. The minimum Gasteiger partial charge on any atom is -0.369 e. The molecule has 0 saturated carbocycles. The monoisotopic (exact) mass is 431 g/mol. The van der Waals surface area contributed by atoms with Crippen molar-refractivity contribution >= 4 is 22.5 Å². The number of rotatable bonds is 6. The number of anilines is 1. The summed E-state index contributed by atoms with van der Waals surface area (Å²) in [5, 5.41) is 10.7. The summed E-state index contributed by atoms with van der Waals surface area (Å²) in [4.78, 5) is 16.6. The summed E-state index contributed by atoms with van der Waals surface area (Å²) in [7, 11) is 0. The molecular formula is C22H24F3N5O. The molecule has 2 aromatic carbocycles. The number of hydrogen-bond donors (Lipinski definition) is 2. The summed E-state index contributed by atoms with van der Waals surface area (Å²) < 4.78 is 38.8. The molecule has 2 N–H and O–H groups in total. The van der Waals surface area contributed by atoms with Crippen LogP contribution >= 0.6 is 0 Å². The van der Waals surface area contributed by atoms with Crippen molar-refractivity contribution in [1.82, 2.24) is 20.4 Å². The number of fused-ring (bicyclic) bond motifs is 1. The fourth-order valence-electron chi connectivity index (χ4n) is 3.83. The standard InChI is InChI=1S/C22H24F3N5O/c23-22(24,25)16-5-3-6-17(15-16)30-13-11-29(12-14-30)10-4-9-26-21(31)20-18-7-1-2-8-19(18)27-28-20/h1-3,5-8,15H,4,9-14H2,(H,26,31)(H,27,28). The van der Waals surface area contributed by atoms with Gasteiger partial charge in [-0.3, -0.25) is 14.8 Å². The lowest BCUT2D eigenvalue weighted by Gasteiger charge is -2.36. The molecule has 0 bridgehead atoms. The molecule has 1 aliphatic heterocycles. The molecule has 6 nitrogen and oxygen atoms in total. The molecule has 0 unspecified atom stereocenters. The van der Waals surface area contributed by atoms with E-state index in [-0.39, 0.29) is 5.91 Å². The molecule has 1 aliphatic rings. The Morgan fingerprint density at radius 2 is 1.84 bits per heavy atom. The molecule has 1 fully saturated rings. The second-order valence-corrected chi connectivity index (χ2v) is 7.60. The Labute approximate surface area is 178 Å². The van der Waals surface area contributed by atoms with Crippen LogP contribution in [-0.2, 0) is 6.18 Å². The molecule has 1 aromatic heterocycles. The Morgan fingerprint density at radius 3 is 2.61 bits per heavy atom. The quantitative estimate of drug-likeness (QED) is 0.587. The van der Waals surface area contributed by atoms with E-state index in [4.69, 9.17) is 0 Å². The van der Waals surface area contributed by atoms with E-state index in [0.29, 0.717) is 31.0 Å². The third kappa shape index (κ3) is 4.99. The van der Waals surface area contributed by atoms with Gasteiger partial charge in [-0.15, -0.1) is 0 Å². The summed E-state index contributed by atoms with van der Waals surface area (Å²) in [6.07, 6.45) is -3.54. The minimum absolute atomic E-state index is 0.202. The summed E-state index contributed by atoms with van der Waals surface area (Å²) in [5.74, 6) is -0.202. The van der Waals surface area contributed by atoms with Gasteiger partial charge in [0.2, 0.25) is 0 Å². The molecule has 1 amide bonds. The number of piperazine rings is 1. The Bertz CT molecular complexity index is 1040. The zero-order chi connectivity index (χ0) is 21.8. The van der Waals surface area contributed by atoms with E-state index >= 15 is 0 Å². The highest BCUT2D eigenvalue weighted by atomic mass is 19.4. The van der Waals surface area contributed by atoms with Gasteiger partial charge in [0.1, 0.15) is 0 Å². The van der Waals surface area contributed by atoms with Crippen molar-refractivity contribution in [3.8, 4) is 0 Å². The van der Waals surface area contributed by atoms with E-state index in [1.165, 1.54) is 12.1 Å². The number of amides is 1. The number of hydrogen-bond acceptors (Lipinski definition) is 4. The zero-order valence-corrected chi connectivity index (χ0v) is 17.0. The minimum atomic E-state index is -4.33. The van der Waals surface area contributed by atoms with E-state index in [1.54, 1.807) is 6.07 Å². The summed E-state index contributed by atoms with van der Waals surface area (Å²) in [6.45, 7) is 4.24. The van der Waals surface area contributed by atoms with Crippen molar-refractivity contribution in [1.29, 1.82) is 0 Å². The van der Waals surface area contributed by atoms with Gasteiger partial charge < -0.3 is 10.2 Å². The Balaban J connectivity index is 1.21. The molecule has 0 spiro atoms. The third-order valence-corrected chi connectivity index (χ3v) is 5.53. The topological polar surface area (TPSA) is 64.3 Å². The second kappa shape index (κ2) is 8.97. The van der Waals surface area contributed by atoms with Crippen LogP contribution in [0.2, 0.25) is 0 Å². The molecule has 1 saturated heterocycles. The predicted octanol–water partition coefficient (Wildman–Crippen LogP) is 3.52. The lowest BCUT2D eigenvalue weighted by atomic mass is 10.1. The van der Waals surface area contributed by atoms with E-state index < -0.39 is 11.7 Å². The maximum absolute atomic E-state index is 12.9. The highest BCUT2D eigenvalue weighted by Crippen LogP contribution is 2.31. The number of aromatic nitrogens is 2. The van der Waals surface area contributed by atoms with Gasteiger partial charge in [0, 0.05) is 43.8 Å². The Morgan fingerprint density at radius 1 is 1.06 bits per heavy atom. The van der Waals surface area contributed by atoms with Crippen molar-refractivity contribution in [3.05, 3.63) is 59.8 Å². The number of benzene rings is 2. The predicted molar refractivity (Wildman–Crippen MR) is 113 cm³/mol. The van der Waals surface area contributed by atoms with E-state index in [1.807, 2.05) is 29.2 Å². The SMILES string of the molecule is O=C(NCCCN1CCN(c2cccc(C(F)(F)F)c2)CC1)c1n[nH]c2ccccc12. The van der Waals surface area contributed by atoms with Crippen molar-refractivity contribution in [2.24, 2.45) is 0 Å². The van der Waals surface area contributed by atoms with Crippen LogP contribution < -0.4 is 10.2 Å². The Kier molecular flexibility index (Phi) is 6.13. The van der Waals surface area contributed by atoms with Crippen LogP contribution in [0, 0.1) is 0 Å². The van der Waals surface area contributed by atoms with Crippen molar-refractivity contribution in [3.63, 3.8) is 0 Å². The fourth-order valence-corrected chi connectivity index (χ4v) is 3.83. The molecule has 9 heteroatoms. The van der Waals surface area contributed by atoms with Gasteiger partial charge in [-0.1, -0.05) is 24.3 Å². The summed E-state index contributed by atoms with van der Waals surface area (Å²) in [5.41, 5.74) is 1.21. The normalized spacial score (nSPS) is 15.4. The first kappa shape index (κ1) is 21.2. The molecule has 0 atom stereocenters. The van der Waals surface area contributed by atoms with Gasteiger partial charge in [-0.25, -0.2) is 0 Å². The highest BCUT2D eigenvalue weighted by molar-refractivity contribution is 6.04. The molecule has 4 rings (SSSR count). The van der Waals surface area contributed by atoms with Crippen molar-refractivity contribution in [2.45, 2.75) is 12.6 Å². The average molecular weight is 431 g/mol. The number of nitrogens with zero attached hydrogens (tertiary/aromatic N) is 3. The van der Waals surface area contributed by atoms with Gasteiger partial charge in [0.25, 0.3) is 5.91 Å². The molecule has 31 heavy (non-hydrogen) atoms. The van der Waals surface area contributed by atoms with E-state index in [9.17, 15) is 18.0 Å². The van der Waals surface area contributed by atoms with Crippen molar-refractivity contribution < 1.29 is 18.0 Å². The van der Waals surface area contributed by atoms with Crippen LogP contribution in [-0.4, -0.2) is 60.3 Å². The number of nitrogens with one attached hydrogen (secondary N) is 2. The average Bonchev–Trinajstić information content (AvgIpc) is 3.21. The van der Waals surface area contributed by atoms with Gasteiger partial charge in [0.05, 0.1) is 11.1 Å². The number of H-pyrrole nitrogens is 1. The fraction of sp³-hybridized carbons (Fsp3) is 0.364. The summed E-state index contributed by atoms with van der Waals surface area (Å²) >= 11 is 0. The van der Waals surface area contributed by atoms with Gasteiger partial charge in [-0.2, -0.15) is 18.3 Å². The first-order valence-electron chi connectivity index (χ1n) is 10.3. The lowest BCUT2D eigenvalue weighted by Crippen LogP contribution is -2.47. The van der Waals surface area contributed by atoms with Gasteiger partial charge >= 0.3 is 6.18 Å². The zero-order valence-electron chi connectivity index (χ0n) is 17.0. The smallest absolute Gasteiger partial charge is 0.369 e. The van der Waals surface area contributed by atoms with E-state index in [2.05, 4.69) is 20.4 Å². The van der Waals surface area contributed by atoms with E-state index in [0.717, 1.165) is 43.0 Å². The molecule has 0 radical (unpaired) electrons. The first-order chi connectivity index (χ1) is 14.9. The van der Waals surface area contributed by atoms with Gasteiger partial charge in [0.15, 0.2) is 5.69 Å².